The minimum absolute atomic E-state index is 0.000237. The Balaban J connectivity index is 1.41. The largest absolute Gasteiger partial charge is 0.358 e. The first-order valence-electron chi connectivity index (χ1n) is 11.4. The van der Waals surface area contributed by atoms with E-state index in [1.807, 2.05) is 41.3 Å². The Hall–Kier alpha value is -3.08. The van der Waals surface area contributed by atoms with Crippen molar-refractivity contribution in [2.24, 2.45) is 5.92 Å². The van der Waals surface area contributed by atoms with Crippen LogP contribution in [0.25, 0.3) is 10.9 Å². The third-order valence-corrected chi connectivity index (χ3v) is 6.75. The zero-order valence-corrected chi connectivity index (χ0v) is 18.0. The number of amides is 2. The van der Waals surface area contributed by atoms with Gasteiger partial charge in [-0.25, -0.2) is 0 Å². The van der Waals surface area contributed by atoms with Crippen molar-refractivity contribution in [2.45, 2.75) is 45.4 Å². The molecule has 3 aromatic rings. The first-order chi connectivity index (χ1) is 15.1. The number of fused-ring (bicyclic) bond motifs is 3. The van der Waals surface area contributed by atoms with Gasteiger partial charge < -0.3 is 15.2 Å². The predicted octanol–water partition coefficient (Wildman–Crippen LogP) is 5.17. The number of piperidine rings is 1. The molecule has 1 aliphatic carbocycles. The fraction of sp³-hybridized carbons (Fsp3) is 0.385. The number of nitrogens with zero attached hydrogens (tertiary/aromatic N) is 1. The number of rotatable bonds is 3. The average Bonchev–Trinajstić information content (AvgIpc) is 3.16. The van der Waals surface area contributed by atoms with E-state index in [-0.39, 0.29) is 11.8 Å². The van der Waals surface area contributed by atoms with Crippen LogP contribution in [0.1, 0.15) is 64.6 Å². The second kappa shape index (κ2) is 8.22. The van der Waals surface area contributed by atoms with Crippen LogP contribution in [0.3, 0.4) is 0 Å². The average molecular weight is 416 g/mol. The fourth-order valence-corrected chi connectivity index (χ4v) is 4.97. The minimum Gasteiger partial charge on any atom is -0.358 e. The number of aryl methyl sites for hydroxylation is 1. The first kappa shape index (κ1) is 19.9. The van der Waals surface area contributed by atoms with Crippen LogP contribution in [0, 0.1) is 5.92 Å². The van der Waals surface area contributed by atoms with E-state index < -0.39 is 0 Å². The Morgan fingerprint density at radius 2 is 1.87 bits per heavy atom. The van der Waals surface area contributed by atoms with E-state index in [4.69, 9.17) is 0 Å². The molecule has 0 bridgehead atoms. The number of hydrogen-bond acceptors (Lipinski definition) is 2. The van der Waals surface area contributed by atoms with Crippen LogP contribution in [-0.2, 0) is 12.8 Å². The smallest absolute Gasteiger partial charge is 0.255 e. The molecule has 0 spiro atoms. The van der Waals surface area contributed by atoms with Gasteiger partial charge >= 0.3 is 0 Å². The summed E-state index contributed by atoms with van der Waals surface area (Å²) >= 11 is 0. The quantitative estimate of drug-likeness (QED) is 0.620. The maximum atomic E-state index is 13.1. The summed E-state index contributed by atoms with van der Waals surface area (Å²) in [5.74, 6) is 0.482. The van der Waals surface area contributed by atoms with Crippen LogP contribution in [0.4, 0.5) is 5.69 Å². The summed E-state index contributed by atoms with van der Waals surface area (Å²) in [5, 5.41) is 4.14. The van der Waals surface area contributed by atoms with Crippen molar-refractivity contribution < 1.29 is 9.59 Å². The van der Waals surface area contributed by atoms with Crippen LogP contribution < -0.4 is 5.32 Å². The number of aromatic nitrogens is 1. The molecule has 2 amide bonds. The van der Waals surface area contributed by atoms with Crippen molar-refractivity contribution in [3.8, 4) is 0 Å². The molecule has 0 saturated carbocycles. The Bertz CT molecular complexity index is 1140. The minimum atomic E-state index is -0.181. The van der Waals surface area contributed by atoms with Gasteiger partial charge in [0, 0.05) is 35.2 Å². The lowest BCUT2D eigenvalue weighted by atomic mass is 9.87. The van der Waals surface area contributed by atoms with E-state index in [2.05, 4.69) is 17.2 Å². The van der Waals surface area contributed by atoms with Gasteiger partial charge in [0.25, 0.3) is 11.8 Å². The van der Waals surface area contributed by atoms with Gasteiger partial charge in [-0.2, -0.15) is 0 Å². The van der Waals surface area contributed by atoms with Crippen LogP contribution >= 0.6 is 0 Å². The first-order valence-corrected chi connectivity index (χ1v) is 11.4. The lowest BCUT2D eigenvalue weighted by molar-refractivity contribution is 0.0725. The Labute approximate surface area is 182 Å². The second-order valence-electron chi connectivity index (χ2n) is 9.04. The summed E-state index contributed by atoms with van der Waals surface area (Å²) in [6, 6.07) is 13.2. The van der Waals surface area contributed by atoms with E-state index >= 15 is 0 Å². The molecule has 1 fully saturated rings. The molecule has 1 saturated heterocycles. The highest BCUT2D eigenvalue weighted by molar-refractivity contribution is 6.10. The Morgan fingerprint density at radius 1 is 1.06 bits per heavy atom. The number of carbonyl (C=O) groups excluding carboxylic acids is 2. The Kier molecular flexibility index (Phi) is 5.26. The number of hydrogen-bond donors (Lipinski definition) is 2. The maximum absolute atomic E-state index is 13.1. The number of aromatic amines is 1. The molecule has 2 heterocycles. The number of benzene rings is 2. The zero-order valence-electron chi connectivity index (χ0n) is 18.0. The SMILES string of the molecule is C[C@H]1CCc2[nH]c3ccc(C(=O)Nc4ccccc4C(=O)N4CCCCC4)cc3c2C1. The molecule has 1 atom stereocenters. The zero-order chi connectivity index (χ0) is 21.4. The molecule has 2 aromatic carbocycles. The summed E-state index contributed by atoms with van der Waals surface area (Å²) < 4.78 is 0. The highest BCUT2D eigenvalue weighted by Crippen LogP contribution is 2.32. The molecule has 2 aliphatic rings. The van der Waals surface area contributed by atoms with Crippen LogP contribution in [0.15, 0.2) is 42.5 Å². The van der Waals surface area contributed by atoms with Crippen molar-refractivity contribution >= 4 is 28.4 Å². The van der Waals surface area contributed by atoms with Gasteiger partial charge in [0.2, 0.25) is 0 Å². The van der Waals surface area contributed by atoms with Crippen molar-refractivity contribution in [1.29, 1.82) is 0 Å². The molecule has 5 nitrogen and oxygen atoms in total. The molecular weight excluding hydrogens is 386 g/mol. The van der Waals surface area contributed by atoms with Crippen molar-refractivity contribution in [2.75, 3.05) is 18.4 Å². The van der Waals surface area contributed by atoms with Gasteiger partial charge in [0.15, 0.2) is 0 Å². The number of para-hydroxylation sites is 1. The van der Waals surface area contributed by atoms with Crippen molar-refractivity contribution in [3.05, 3.63) is 64.8 Å². The number of carbonyl (C=O) groups is 2. The van der Waals surface area contributed by atoms with Crippen LogP contribution in [0.2, 0.25) is 0 Å². The predicted molar refractivity (Wildman–Crippen MR) is 124 cm³/mol. The van der Waals surface area contributed by atoms with Gasteiger partial charge in [-0.1, -0.05) is 19.1 Å². The molecular formula is C26H29N3O2. The molecule has 160 valence electrons. The van der Waals surface area contributed by atoms with Gasteiger partial charge in [-0.05, 0) is 80.3 Å². The summed E-state index contributed by atoms with van der Waals surface area (Å²) in [6.07, 6.45) is 6.58. The molecule has 0 unspecified atom stereocenters. The lowest BCUT2D eigenvalue weighted by Gasteiger charge is -2.27. The molecule has 5 rings (SSSR count). The third-order valence-electron chi connectivity index (χ3n) is 6.75. The van der Waals surface area contributed by atoms with Gasteiger partial charge in [-0.3, -0.25) is 9.59 Å². The van der Waals surface area contributed by atoms with Crippen molar-refractivity contribution in [1.82, 2.24) is 9.88 Å². The van der Waals surface area contributed by atoms with E-state index in [1.54, 1.807) is 6.07 Å². The lowest BCUT2D eigenvalue weighted by Crippen LogP contribution is -2.36. The summed E-state index contributed by atoms with van der Waals surface area (Å²) in [6.45, 7) is 3.86. The van der Waals surface area contributed by atoms with Gasteiger partial charge in [0.05, 0.1) is 11.3 Å². The number of H-pyrrole nitrogens is 1. The summed E-state index contributed by atoms with van der Waals surface area (Å²) in [4.78, 5) is 31.6. The maximum Gasteiger partial charge on any atom is 0.255 e. The topological polar surface area (TPSA) is 65.2 Å². The van der Waals surface area contributed by atoms with E-state index in [0.717, 1.165) is 49.7 Å². The van der Waals surface area contributed by atoms with Crippen LogP contribution in [-0.4, -0.2) is 34.8 Å². The summed E-state index contributed by atoms with van der Waals surface area (Å²) in [7, 11) is 0. The fourth-order valence-electron chi connectivity index (χ4n) is 4.97. The number of likely N-dealkylation sites (tertiary alicyclic amines) is 1. The second-order valence-corrected chi connectivity index (χ2v) is 9.04. The van der Waals surface area contributed by atoms with E-state index in [1.165, 1.54) is 24.1 Å². The molecule has 2 N–H and O–H groups in total. The van der Waals surface area contributed by atoms with E-state index in [9.17, 15) is 9.59 Å². The monoisotopic (exact) mass is 415 g/mol. The molecule has 0 radical (unpaired) electrons. The molecule has 1 aliphatic heterocycles. The number of anilines is 1. The third kappa shape index (κ3) is 3.85. The van der Waals surface area contributed by atoms with Gasteiger partial charge in [-0.15, -0.1) is 0 Å². The Morgan fingerprint density at radius 3 is 2.71 bits per heavy atom. The molecule has 5 heteroatoms. The number of nitrogens with one attached hydrogen (secondary N) is 2. The normalized spacial score (nSPS) is 18.6. The van der Waals surface area contributed by atoms with Crippen molar-refractivity contribution in [3.63, 3.8) is 0 Å². The highest BCUT2D eigenvalue weighted by atomic mass is 16.2. The molecule has 1 aromatic heterocycles. The van der Waals surface area contributed by atoms with E-state index in [0.29, 0.717) is 22.7 Å². The standard InChI is InChI=1S/C26H29N3O2/c1-17-9-11-23-20(15-17)21-16-18(10-12-24(21)27-23)25(30)28-22-8-4-3-7-19(22)26(31)29-13-5-2-6-14-29/h3-4,7-8,10,12,16-17,27H,2,5-6,9,11,13-15H2,1H3,(H,28,30)/t17-/m0/s1. The molecule has 31 heavy (non-hydrogen) atoms. The summed E-state index contributed by atoms with van der Waals surface area (Å²) in [5.41, 5.74) is 5.51. The highest BCUT2D eigenvalue weighted by Gasteiger charge is 2.23. The van der Waals surface area contributed by atoms with Crippen LogP contribution in [0.5, 0.6) is 0 Å². The van der Waals surface area contributed by atoms with Gasteiger partial charge in [0.1, 0.15) is 0 Å².